The number of hydrogen-bond donors (Lipinski definition) is 4. The van der Waals surface area contributed by atoms with E-state index in [0.29, 0.717) is 55.6 Å². The molecule has 3 fully saturated rings. The van der Waals surface area contributed by atoms with Crippen LogP contribution < -0.4 is 30.5 Å². The number of imide groups is 1. The third kappa shape index (κ3) is 9.48. The largest absolute Gasteiger partial charge is 0.476 e. The summed E-state index contributed by atoms with van der Waals surface area (Å²) in [4.78, 5) is 62.6. The van der Waals surface area contributed by atoms with Gasteiger partial charge in [-0.25, -0.2) is 4.98 Å². The van der Waals surface area contributed by atoms with Crippen molar-refractivity contribution in [3.63, 3.8) is 0 Å². The van der Waals surface area contributed by atoms with Crippen LogP contribution in [0.5, 0.6) is 5.88 Å². The summed E-state index contributed by atoms with van der Waals surface area (Å²) in [7, 11) is 0. The number of benzene rings is 2. The van der Waals surface area contributed by atoms with Crippen LogP contribution in [-0.4, -0.2) is 100 Å². The van der Waals surface area contributed by atoms with E-state index >= 15 is 0 Å². The monoisotopic (exact) mass is 849 g/mol. The number of anilines is 4. The first kappa shape index (κ1) is 44.2. The lowest BCUT2D eigenvalue weighted by atomic mass is 10.0. The highest BCUT2D eigenvalue weighted by Crippen LogP contribution is 2.43. The summed E-state index contributed by atoms with van der Waals surface area (Å²) >= 11 is 4.72. The first-order chi connectivity index (χ1) is 28.3. The SMILES string of the molecule is CC(C)c1cc(N2[C@@H](S)N(c3ccc(C#N)c(C(F)(F)F)c3)C(=O)C2(C)C)cnc1OCCN1C[C@@H](C)N(CC(=O)Nc2cccc(NC3CCC(=O)NC3=O)c2)C[C@H]1C. The molecule has 6 rings (SSSR count). The Hall–Kier alpha value is -5.38. The average Bonchev–Trinajstić information content (AvgIpc) is 3.35. The number of rotatable bonds is 12. The minimum atomic E-state index is -4.79. The Balaban J connectivity index is 1.05. The van der Waals surface area contributed by atoms with Crippen LogP contribution in [0.3, 0.4) is 0 Å². The van der Waals surface area contributed by atoms with Crippen LogP contribution in [0.1, 0.15) is 77.0 Å². The van der Waals surface area contributed by atoms with E-state index in [4.69, 9.17) is 17.4 Å². The lowest BCUT2D eigenvalue weighted by Crippen LogP contribution is -2.58. The summed E-state index contributed by atoms with van der Waals surface area (Å²) in [6.45, 7) is 14.0. The number of carbonyl (C=O) groups excluding carboxylic acids is 4. The molecule has 0 spiro atoms. The van der Waals surface area contributed by atoms with Gasteiger partial charge in [-0.2, -0.15) is 18.4 Å². The van der Waals surface area contributed by atoms with Gasteiger partial charge in [0, 0.05) is 60.8 Å². The molecule has 2 aromatic carbocycles. The quantitative estimate of drug-likeness (QED) is 0.133. The maximum atomic E-state index is 13.8. The first-order valence-electron chi connectivity index (χ1n) is 19.8. The molecule has 14 nitrogen and oxygen atoms in total. The minimum Gasteiger partial charge on any atom is -0.476 e. The summed E-state index contributed by atoms with van der Waals surface area (Å²) in [5.74, 6) is -0.896. The number of alkyl halides is 3. The number of nitrogens with one attached hydrogen (secondary N) is 3. The van der Waals surface area contributed by atoms with Gasteiger partial charge in [-0.3, -0.25) is 39.2 Å². The predicted molar refractivity (Wildman–Crippen MR) is 224 cm³/mol. The Morgan fingerprint density at radius 2 is 1.75 bits per heavy atom. The van der Waals surface area contributed by atoms with E-state index in [9.17, 15) is 37.6 Å². The lowest BCUT2D eigenvalue weighted by molar-refractivity contribution is -0.138. The van der Waals surface area contributed by atoms with Gasteiger partial charge in [0.05, 0.1) is 35.6 Å². The number of pyridine rings is 1. The Bertz CT molecular complexity index is 2180. The van der Waals surface area contributed by atoms with Gasteiger partial charge in [0.2, 0.25) is 23.6 Å². The van der Waals surface area contributed by atoms with Crippen molar-refractivity contribution in [1.29, 1.82) is 5.26 Å². The van der Waals surface area contributed by atoms with Gasteiger partial charge in [-0.1, -0.05) is 19.9 Å². The fourth-order valence-corrected chi connectivity index (χ4v) is 8.58. The third-order valence-electron chi connectivity index (χ3n) is 11.2. The number of aromatic nitrogens is 1. The Kier molecular flexibility index (Phi) is 13.0. The smallest absolute Gasteiger partial charge is 0.417 e. The number of carbonyl (C=O) groups is 4. The van der Waals surface area contributed by atoms with Gasteiger partial charge in [0.1, 0.15) is 18.2 Å². The molecule has 0 aliphatic carbocycles. The van der Waals surface area contributed by atoms with E-state index in [1.807, 2.05) is 19.9 Å². The number of ether oxygens (including phenoxy) is 1. The molecule has 0 radical (unpaired) electrons. The third-order valence-corrected chi connectivity index (χ3v) is 11.7. The first-order valence-corrected chi connectivity index (χ1v) is 20.3. The summed E-state index contributed by atoms with van der Waals surface area (Å²) in [6.07, 6.45) is -2.57. The molecule has 4 heterocycles. The molecule has 60 heavy (non-hydrogen) atoms. The van der Waals surface area contributed by atoms with Crippen molar-refractivity contribution in [3.05, 3.63) is 71.4 Å². The average molecular weight is 850 g/mol. The van der Waals surface area contributed by atoms with Gasteiger partial charge < -0.3 is 20.3 Å². The van der Waals surface area contributed by atoms with Crippen molar-refractivity contribution in [2.45, 2.75) is 95.6 Å². The van der Waals surface area contributed by atoms with E-state index in [-0.39, 0.29) is 54.4 Å². The van der Waals surface area contributed by atoms with Crippen LogP contribution in [0.25, 0.3) is 0 Å². The minimum absolute atomic E-state index is 0.0320. The van der Waals surface area contributed by atoms with Crippen molar-refractivity contribution in [2.24, 2.45) is 0 Å². The van der Waals surface area contributed by atoms with Gasteiger partial charge >= 0.3 is 6.18 Å². The molecular weight excluding hydrogens is 800 g/mol. The Morgan fingerprint density at radius 3 is 2.43 bits per heavy atom. The van der Waals surface area contributed by atoms with Gasteiger partial charge in [0.25, 0.3) is 5.91 Å². The van der Waals surface area contributed by atoms with Crippen LogP contribution >= 0.6 is 12.6 Å². The highest BCUT2D eigenvalue weighted by Gasteiger charge is 2.52. The zero-order chi connectivity index (χ0) is 43.7. The zero-order valence-corrected chi connectivity index (χ0v) is 35.2. The van der Waals surface area contributed by atoms with Gasteiger partial charge in [0.15, 0.2) is 5.50 Å². The van der Waals surface area contributed by atoms with Crippen LogP contribution in [0.15, 0.2) is 54.7 Å². The van der Waals surface area contributed by atoms with Crippen molar-refractivity contribution < 1.29 is 37.1 Å². The number of piperazine rings is 1. The Morgan fingerprint density at radius 1 is 1.05 bits per heavy atom. The number of hydrogen-bond acceptors (Lipinski definition) is 12. The van der Waals surface area contributed by atoms with Crippen molar-refractivity contribution in [2.75, 3.05) is 53.2 Å². The van der Waals surface area contributed by atoms with Crippen molar-refractivity contribution in [3.8, 4) is 11.9 Å². The normalized spacial score (nSPS) is 22.5. The number of halogens is 3. The van der Waals surface area contributed by atoms with E-state index < -0.39 is 40.3 Å². The van der Waals surface area contributed by atoms with Crippen LogP contribution in [0.2, 0.25) is 0 Å². The molecule has 3 N–H and O–H groups in total. The van der Waals surface area contributed by atoms with Crippen molar-refractivity contribution in [1.82, 2.24) is 20.1 Å². The van der Waals surface area contributed by atoms with Crippen LogP contribution in [-0.2, 0) is 25.4 Å². The van der Waals surface area contributed by atoms with Crippen molar-refractivity contribution >= 4 is 59.0 Å². The lowest BCUT2D eigenvalue weighted by Gasteiger charge is -2.43. The number of thiol groups is 1. The molecule has 320 valence electrons. The number of piperidine rings is 1. The maximum Gasteiger partial charge on any atom is 0.417 e. The fraction of sp³-hybridized carbons (Fsp3) is 0.476. The maximum absolute atomic E-state index is 13.8. The molecule has 3 aromatic rings. The molecule has 0 bridgehead atoms. The molecule has 3 aliphatic heterocycles. The molecule has 4 atom stereocenters. The second-order valence-electron chi connectivity index (χ2n) is 16.3. The number of amides is 4. The van der Waals surface area contributed by atoms with E-state index in [1.54, 1.807) is 55.3 Å². The van der Waals surface area contributed by atoms with Crippen LogP contribution in [0, 0.1) is 11.3 Å². The molecule has 3 aliphatic rings. The van der Waals surface area contributed by atoms with Gasteiger partial charge in [-0.15, -0.1) is 12.6 Å². The number of nitriles is 1. The second-order valence-corrected chi connectivity index (χ2v) is 16.7. The zero-order valence-electron chi connectivity index (χ0n) is 34.3. The standard InChI is InChI=1S/C42H50F3N9O5S/c1-24(2)32-17-31(54-40(60)53(39(58)41(54,5)6)30-11-10-27(19-46)33(18-30)42(43,44)45)20-47-38(32)59-15-14-51-21-26(4)52(22-25(51)3)23-36(56)49-29-9-7-8-28(16-29)48-34-12-13-35(55)50-37(34)57/h7-11,16-18,20,24-26,34,40,48,60H,12-15,21-23H2,1-6H3,(H,49,56)(H,50,55,57)/t25-,26-,34?,40+/m1/s1. The Labute approximate surface area is 352 Å². The topological polar surface area (TPSA) is 163 Å². The summed E-state index contributed by atoms with van der Waals surface area (Å²) in [6, 6.07) is 13.4. The predicted octanol–water partition coefficient (Wildman–Crippen LogP) is 5.57. The number of nitrogens with zero attached hydrogens (tertiary/aromatic N) is 6. The van der Waals surface area contributed by atoms with Gasteiger partial charge in [-0.05, 0) is 82.5 Å². The highest BCUT2D eigenvalue weighted by atomic mass is 32.1. The summed E-state index contributed by atoms with van der Waals surface area (Å²) in [5, 5.41) is 17.7. The molecule has 0 saturated carbocycles. The molecule has 4 amide bonds. The molecule has 1 unspecified atom stereocenters. The van der Waals surface area contributed by atoms with E-state index in [1.165, 1.54) is 11.0 Å². The summed E-state index contributed by atoms with van der Waals surface area (Å²) < 4.78 is 47.8. The van der Waals surface area contributed by atoms with Crippen LogP contribution in [0.4, 0.5) is 35.9 Å². The molecule has 3 saturated heterocycles. The molecule has 1 aromatic heterocycles. The fourth-order valence-electron chi connectivity index (χ4n) is 7.92. The molecular formula is C42H50F3N9O5S. The summed E-state index contributed by atoms with van der Waals surface area (Å²) in [5.41, 5.74) is -1.33. The van der Waals surface area contributed by atoms with E-state index in [0.717, 1.165) is 17.7 Å². The second kappa shape index (κ2) is 17.7. The highest BCUT2D eigenvalue weighted by molar-refractivity contribution is 7.81. The van der Waals surface area contributed by atoms with E-state index in [2.05, 4.69) is 44.6 Å². The molecule has 18 heteroatoms.